The van der Waals surface area contributed by atoms with E-state index in [4.69, 9.17) is 0 Å². The molecule has 0 radical (unpaired) electrons. The van der Waals surface area contributed by atoms with E-state index < -0.39 is 11.7 Å². The first-order valence-electron chi connectivity index (χ1n) is 12.2. The average molecular weight is 413 g/mol. The summed E-state index contributed by atoms with van der Waals surface area (Å²) in [5.41, 5.74) is 4.70. The second-order valence-corrected chi connectivity index (χ2v) is 11.4. The van der Waals surface area contributed by atoms with E-state index in [1.165, 1.54) is 44.1 Å². The number of aliphatic hydroxyl groups is 2. The van der Waals surface area contributed by atoms with Crippen LogP contribution in [0.5, 0.6) is 0 Å². The van der Waals surface area contributed by atoms with E-state index >= 15 is 0 Å². The molecule has 168 valence electrons. The van der Waals surface area contributed by atoms with E-state index in [-0.39, 0.29) is 0 Å². The van der Waals surface area contributed by atoms with Crippen LogP contribution in [0.1, 0.15) is 91.9 Å². The lowest BCUT2D eigenvalue weighted by molar-refractivity contribution is 0.0596. The molecular formula is C28H44O2. The Morgan fingerprint density at radius 3 is 2.67 bits per heavy atom. The number of allylic oxidation sites excluding steroid dienone is 4. The van der Waals surface area contributed by atoms with E-state index in [2.05, 4.69) is 39.2 Å². The van der Waals surface area contributed by atoms with E-state index in [0.717, 1.165) is 42.2 Å². The standard InChI is InChI=1S/C28H44O2/c1-19(9-7-15-27(4,5)30)24-13-14-25-22(10-8-16-28(24,25)6)11-12-23-18-26(29)21(3)17-20(23)2/h11-12,19,24-26,29-30H,2-3,7-10,13-18H2,1,4-6H3/b22-11+,23-12-/t19-,24?,25?,26+,28+/m0/s1. The predicted molar refractivity (Wildman–Crippen MR) is 127 cm³/mol. The lowest BCUT2D eigenvalue weighted by Gasteiger charge is -2.44. The van der Waals surface area contributed by atoms with Crippen LogP contribution in [0.4, 0.5) is 0 Å². The Kier molecular flexibility index (Phi) is 7.19. The summed E-state index contributed by atoms with van der Waals surface area (Å²) in [6, 6.07) is 0. The van der Waals surface area contributed by atoms with Gasteiger partial charge >= 0.3 is 0 Å². The van der Waals surface area contributed by atoms with Gasteiger partial charge in [0, 0.05) is 6.42 Å². The highest BCUT2D eigenvalue weighted by atomic mass is 16.3. The fraction of sp³-hybridized carbons (Fsp3) is 0.714. The molecule has 30 heavy (non-hydrogen) atoms. The van der Waals surface area contributed by atoms with Crippen molar-refractivity contribution >= 4 is 0 Å². The molecule has 0 heterocycles. The molecule has 0 aliphatic heterocycles. The van der Waals surface area contributed by atoms with E-state index in [1.807, 2.05) is 13.8 Å². The zero-order chi connectivity index (χ0) is 22.1. The largest absolute Gasteiger partial charge is 0.390 e. The molecule has 2 nitrogen and oxygen atoms in total. The fourth-order valence-corrected chi connectivity index (χ4v) is 6.67. The lowest BCUT2D eigenvalue weighted by atomic mass is 9.60. The third kappa shape index (κ3) is 5.19. The maximum Gasteiger partial charge on any atom is 0.0791 e. The maximum atomic E-state index is 10.2. The number of fused-ring (bicyclic) bond motifs is 1. The average Bonchev–Trinajstić information content (AvgIpc) is 3.00. The van der Waals surface area contributed by atoms with Crippen LogP contribution in [0.3, 0.4) is 0 Å². The molecule has 3 aliphatic rings. The third-order valence-corrected chi connectivity index (χ3v) is 8.45. The van der Waals surface area contributed by atoms with Gasteiger partial charge in [-0.25, -0.2) is 0 Å². The molecule has 0 saturated heterocycles. The number of hydrogen-bond acceptors (Lipinski definition) is 2. The van der Waals surface area contributed by atoms with Crippen LogP contribution >= 0.6 is 0 Å². The number of aliphatic hydroxyl groups excluding tert-OH is 1. The summed E-state index contributed by atoms with van der Waals surface area (Å²) in [7, 11) is 0. The summed E-state index contributed by atoms with van der Waals surface area (Å²) in [6.07, 6.45) is 15.3. The third-order valence-electron chi connectivity index (χ3n) is 8.45. The Labute approximate surface area is 184 Å². The van der Waals surface area contributed by atoms with Gasteiger partial charge in [0.1, 0.15) is 0 Å². The monoisotopic (exact) mass is 412 g/mol. The zero-order valence-electron chi connectivity index (χ0n) is 19.8. The Hall–Kier alpha value is -1.12. The summed E-state index contributed by atoms with van der Waals surface area (Å²) in [5, 5.41) is 20.2. The van der Waals surface area contributed by atoms with Crippen molar-refractivity contribution in [2.24, 2.45) is 23.2 Å². The van der Waals surface area contributed by atoms with Crippen LogP contribution in [-0.4, -0.2) is 21.9 Å². The van der Waals surface area contributed by atoms with Gasteiger partial charge in [-0.1, -0.05) is 57.6 Å². The molecule has 5 atom stereocenters. The molecule has 3 saturated carbocycles. The Balaban J connectivity index is 1.69. The molecule has 0 spiro atoms. The molecule has 0 aromatic rings. The summed E-state index contributed by atoms with van der Waals surface area (Å²) < 4.78 is 0. The first kappa shape index (κ1) is 23.5. The number of hydrogen-bond donors (Lipinski definition) is 2. The van der Waals surface area contributed by atoms with Gasteiger partial charge in [-0.05, 0) is 98.7 Å². The molecule has 0 aromatic carbocycles. The van der Waals surface area contributed by atoms with Crippen molar-refractivity contribution in [1.82, 2.24) is 0 Å². The zero-order valence-corrected chi connectivity index (χ0v) is 19.8. The van der Waals surface area contributed by atoms with Crippen molar-refractivity contribution < 1.29 is 10.2 Å². The second kappa shape index (κ2) is 9.17. The normalized spacial score (nSPS) is 36.4. The van der Waals surface area contributed by atoms with Crippen LogP contribution in [-0.2, 0) is 0 Å². The van der Waals surface area contributed by atoms with Gasteiger partial charge in [-0.2, -0.15) is 0 Å². The van der Waals surface area contributed by atoms with Crippen molar-refractivity contribution in [2.45, 2.75) is 104 Å². The molecular weight excluding hydrogens is 368 g/mol. The van der Waals surface area contributed by atoms with Gasteiger partial charge in [-0.3, -0.25) is 0 Å². The van der Waals surface area contributed by atoms with Gasteiger partial charge in [-0.15, -0.1) is 0 Å². The van der Waals surface area contributed by atoms with Crippen molar-refractivity contribution in [3.63, 3.8) is 0 Å². The van der Waals surface area contributed by atoms with E-state index in [9.17, 15) is 10.2 Å². The molecule has 0 aromatic heterocycles. The molecule has 3 rings (SSSR count). The smallest absolute Gasteiger partial charge is 0.0791 e. The first-order chi connectivity index (χ1) is 14.0. The minimum absolute atomic E-state index is 0.411. The minimum atomic E-state index is -0.543. The predicted octanol–water partition coefficient (Wildman–Crippen LogP) is 6.90. The molecule has 2 heteroatoms. The summed E-state index contributed by atoms with van der Waals surface area (Å²) in [4.78, 5) is 0. The fourth-order valence-electron chi connectivity index (χ4n) is 6.67. The molecule has 2 unspecified atom stereocenters. The van der Waals surface area contributed by atoms with Gasteiger partial charge in [0.05, 0.1) is 11.7 Å². The molecule has 3 aliphatic carbocycles. The molecule has 2 N–H and O–H groups in total. The van der Waals surface area contributed by atoms with Gasteiger partial charge in [0.15, 0.2) is 0 Å². The maximum absolute atomic E-state index is 10.2. The Bertz CT molecular complexity index is 719. The van der Waals surface area contributed by atoms with E-state index in [1.54, 1.807) is 5.57 Å². The van der Waals surface area contributed by atoms with Gasteiger partial charge in [0.2, 0.25) is 0 Å². The van der Waals surface area contributed by atoms with Crippen LogP contribution < -0.4 is 0 Å². The Morgan fingerprint density at radius 2 is 1.97 bits per heavy atom. The summed E-state index contributed by atoms with van der Waals surface area (Å²) >= 11 is 0. The van der Waals surface area contributed by atoms with Crippen LogP contribution in [0, 0.1) is 23.2 Å². The SMILES string of the molecule is C=C1CC(=C)[C@H](O)C/C1=C/C=C1\CCC[C@@]2(C)C1CCC2[C@@H](C)CCCC(C)(C)O. The lowest BCUT2D eigenvalue weighted by Crippen LogP contribution is -2.36. The summed E-state index contributed by atoms with van der Waals surface area (Å²) in [6.45, 7) is 17.0. The van der Waals surface area contributed by atoms with Crippen molar-refractivity contribution in [3.05, 3.63) is 47.6 Å². The van der Waals surface area contributed by atoms with Gasteiger partial charge < -0.3 is 10.2 Å². The summed E-state index contributed by atoms with van der Waals surface area (Å²) in [5.74, 6) is 2.20. The molecule has 3 fully saturated rings. The highest BCUT2D eigenvalue weighted by Gasteiger charge is 2.50. The van der Waals surface area contributed by atoms with Crippen molar-refractivity contribution in [1.29, 1.82) is 0 Å². The molecule has 0 amide bonds. The van der Waals surface area contributed by atoms with Crippen LogP contribution in [0.15, 0.2) is 47.6 Å². The highest BCUT2D eigenvalue weighted by Crippen LogP contribution is 2.60. The second-order valence-electron chi connectivity index (χ2n) is 11.4. The number of rotatable bonds is 6. The molecule has 0 bridgehead atoms. The topological polar surface area (TPSA) is 40.5 Å². The van der Waals surface area contributed by atoms with Crippen molar-refractivity contribution in [3.8, 4) is 0 Å². The van der Waals surface area contributed by atoms with Crippen LogP contribution in [0.25, 0.3) is 0 Å². The van der Waals surface area contributed by atoms with Gasteiger partial charge in [0.25, 0.3) is 0 Å². The Morgan fingerprint density at radius 1 is 1.23 bits per heavy atom. The highest BCUT2D eigenvalue weighted by molar-refractivity contribution is 5.41. The first-order valence-corrected chi connectivity index (χ1v) is 12.2. The van der Waals surface area contributed by atoms with Crippen molar-refractivity contribution in [2.75, 3.05) is 0 Å². The van der Waals surface area contributed by atoms with E-state index in [0.29, 0.717) is 17.8 Å². The minimum Gasteiger partial charge on any atom is -0.390 e. The van der Waals surface area contributed by atoms with Crippen LogP contribution in [0.2, 0.25) is 0 Å². The quantitative estimate of drug-likeness (QED) is 0.466.